The van der Waals surface area contributed by atoms with Crippen LogP contribution >= 0.6 is 0 Å². The van der Waals surface area contributed by atoms with Crippen LogP contribution in [0.15, 0.2) is 0 Å². The monoisotopic (exact) mass is 261 g/mol. The molecule has 0 spiro atoms. The van der Waals surface area contributed by atoms with E-state index in [1.807, 2.05) is 18.7 Å². The molecule has 0 aliphatic rings. The van der Waals surface area contributed by atoms with Gasteiger partial charge in [0.05, 0.1) is 26.4 Å². The third-order valence-electron chi connectivity index (χ3n) is 2.69. The Morgan fingerprint density at radius 2 is 2.06 bits per heavy atom. The van der Waals surface area contributed by atoms with Gasteiger partial charge in [-0.05, 0) is 20.3 Å². The van der Waals surface area contributed by atoms with Gasteiger partial charge in [-0.15, -0.1) is 0 Å². The number of nitrogens with zero attached hydrogens (tertiary/aromatic N) is 1. The minimum absolute atomic E-state index is 0.175. The molecule has 108 valence electrons. The predicted molar refractivity (Wildman–Crippen MR) is 70.5 cm³/mol. The van der Waals surface area contributed by atoms with Crippen molar-refractivity contribution in [1.82, 2.24) is 4.90 Å². The minimum atomic E-state index is -0.575. The fraction of sp³-hybridized carbons (Fsp3) is 0.923. The van der Waals surface area contributed by atoms with Gasteiger partial charge in [0.1, 0.15) is 0 Å². The summed E-state index contributed by atoms with van der Waals surface area (Å²) in [5.74, 6) is -0.289. The molecular weight excluding hydrogens is 234 g/mol. The van der Waals surface area contributed by atoms with Crippen LogP contribution in [0, 0.1) is 0 Å². The van der Waals surface area contributed by atoms with Crippen molar-refractivity contribution >= 4 is 5.97 Å². The molecule has 0 fully saturated rings. The molecule has 0 aliphatic carbocycles. The van der Waals surface area contributed by atoms with Crippen molar-refractivity contribution in [3.8, 4) is 0 Å². The minimum Gasteiger partial charge on any atom is -0.468 e. The number of methoxy groups -OCH3 is 1. The van der Waals surface area contributed by atoms with E-state index in [0.29, 0.717) is 19.8 Å². The Labute approximate surface area is 110 Å². The lowest BCUT2D eigenvalue weighted by atomic mass is 10.2. The molecule has 0 rings (SSSR count). The zero-order valence-corrected chi connectivity index (χ0v) is 12.0. The van der Waals surface area contributed by atoms with Crippen LogP contribution in [-0.4, -0.2) is 61.5 Å². The lowest BCUT2D eigenvalue weighted by Crippen LogP contribution is -2.42. The number of hydrogen-bond donors (Lipinski definition) is 1. The number of carbonyl (C=O) groups excluding carboxylic acids is 1. The first kappa shape index (κ1) is 17.4. The number of rotatable bonds is 10. The molecule has 0 saturated heterocycles. The highest BCUT2D eigenvalue weighted by Crippen LogP contribution is 2.02. The number of aliphatic hydroxyl groups excluding tert-OH is 1. The van der Waals surface area contributed by atoms with Crippen molar-refractivity contribution < 1.29 is 19.4 Å². The van der Waals surface area contributed by atoms with E-state index in [1.165, 1.54) is 7.11 Å². The molecule has 1 atom stereocenters. The van der Waals surface area contributed by atoms with Gasteiger partial charge in [-0.3, -0.25) is 9.69 Å². The zero-order valence-electron chi connectivity index (χ0n) is 12.0. The first-order valence-electron chi connectivity index (χ1n) is 6.57. The van der Waals surface area contributed by atoms with Crippen LogP contribution in [0.3, 0.4) is 0 Å². The fourth-order valence-corrected chi connectivity index (χ4v) is 1.48. The first-order chi connectivity index (χ1) is 8.51. The molecule has 0 aliphatic heterocycles. The fourth-order valence-electron chi connectivity index (χ4n) is 1.48. The highest BCUT2D eigenvalue weighted by molar-refractivity contribution is 5.71. The number of esters is 1. The second kappa shape index (κ2) is 10.3. The third-order valence-corrected chi connectivity index (χ3v) is 2.69. The van der Waals surface area contributed by atoms with E-state index >= 15 is 0 Å². The van der Waals surface area contributed by atoms with Crippen LogP contribution in [-0.2, 0) is 14.3 Å². The van der Waals surface area contributed by atoms with Gasteiger partial charge in [-0.1, -0.05) is 13.3 Å². The zero-order chi connectivity index (χ0) is 14.0. The molecule has 1 N–H and O–H groups in total. The predicted octanol–water partition coefficient (Wildman–Crippen LogP) is 1.05. The quantitative estimate of drug-likeness (QED) is 0.470. The first-order valence-corrected chi connectivity index (χ1v) is 6.57. The summed E-state index contributed by atoms with van der Waals surface area (Å²) in [4.78, 5) is 13.1. The number of hydrogen-bond acceptors (Lipinski definition) is 5. The molecule has 0 aromatic carbocycles. The van der Waals surface area contributed by atoms with Crippen molar-refractivity contribution in [2.24, 2.45) is 0 Å². The SMILES string of the molecule is CCCCOCC(O)CN(CC(=O)OC)C(C)C. The molecule has 0 aromatic heterocycles. The number of aliphatic hydroxyl groups is 1. The van der Waals surface area contributed by atoms with E-state index in [4.69, 9.17) is 4.74 Å². The van der Waals surface area contributed by atoms with Crippen LogP contribution in [0.25, 0.3) is 0 Å². The molecule has 0 bridgehead atoms. The molecular formula is C13H27NO4. The molecule has 0 aromatic rings. The summed E-state index contributed by atoms with van der Waals surface area (Å²) in [7, 11) is 1.37. The number of ether oxygens (including phenoxy) is 2. The van der Waals surface area contributed by atoms with Crippen molar-refractivity contribution in [2.45, 2.75) is 45.8 Å². The molecule has 0 saturated carbocycles. The molecule has 18 heavy (non-hydrogen) atoms. The Bertz CT molecular complexity index is 221. The Morgan fingerprint density at radius 1 is 1.39 bits per heavy atom. The summed E-state index contributed by atoms with van der Waals surface area (Å²) >= 11 is 0. The summed E-state index contributed by atoms with van der Waals surface area (Å²) in [6.07, 6.45) is 1.51. The summed E-state index contributed by atoms with van der Waals surface area (Å²) in [5.41, 5.74) is 0. The standard InChI is InChI=1S/C13H27NO4/c1-5-6-7-18-10-12(15)8-14(11(2)3)9-13(16)17-4/h11-12,15H,5-10H2,1-4H3. The van der Waals surface area contributed by atoms with E-state index < -0.39 is 6.10 Å². The smallest absolute Gasteiger partial charge is 0.319 e. The molecule has 5 nitrogen and oxygen atoms in total. The van der Waals surface area contributed by atoms with Gasteiger partial charge in [-0.25, -0.2) is 0 Å². The Morgan fingerprint density at radius 3 is 2.56 bits per heavy atom. The average molecular weight is 261 g/mol. The maximum atomic E-state index is 11.2. The maximum Gasteiger partial charge on any atom is 0.319 e. The lowest BCUT2D eigenvalue weighted by molar-refractivity contribution is -0.142. The highest BCUT2D eigenvalue weighted by Gasteiger charge is 2.18. The molecule has 0 heterocycles. The van der Waals surface area contributed by atoms with Crippen LogP contribution in [0.4, 0.5) is 0 Å². The second-order valence-electron chi connectivity index (χ2n) is 4.68. The van der Waals surface area contributed by atoms with Gasteiger partial charge in [0.2, 0.25) is 0 Å². The lowest BCUT2D eigenvalue weighted by Gasteiger charge is -2.27. The average Bonchev–Trinajstić information content (AvgIpc) is 2.33. The topological polar surface area (TPSA) is 59.0 Å². The molecule has 1 unspecified atom stereocenters. The van der Waals surface area contributed by atoms with Crippen LogP contribution in [0.2, 0.25) is 0 Å². The van der Waals surface area contributed by atoms with Crippen molar-refractivity contribution in [3.05, 3.63) is 0 Å². The summed E-state index contributed by atoms with van der Waals surface area (Å²) < 4.78 is 9.99. The van der Waals surface area contributed by atoms with Crippen LogP contribution in [0.1, 0.15) is 33.6 Å². The van der Waals surface area contributed by atoms with E-state index in [-0.39, 0.29) is 18.6 Å². The van der Waals surface area contributed by atoms with Crippen molar-refractivity contribution in [2.75, 3.05) is 33.4 Å². The normalized spacial score (nSPS) is 13.1. The van der Waals surface area contributed by atoms with E-state index in [9.17, 15) is 9.90 Å². The van der Waals surface area contributed by atoms with Gasteiger partial charge < -0.3 is 14.6 Å². The number of carbonyl (C=O) groups is 1. The van der Waals surface area contributed by atoms with Gasteiger partial charge >= 0.3 is 5.97 Å². The summed E-state index contributed by atoms with van der Waals surface area (Å²) in [6, 6.07) is 0.175. The Hall–Kier alpha value is -0.650. The molecule has 0 amide bonds. The van der Waals surface area contributed by atoms with Gasteiger partial charge in [-0.2, -0.15) is 0 Å². The summed E-state index contributed by atoms with van der Waals surface area (Å²) in [6.45, 7) is 7.65. The van der Waals surface area contributed by atoms with Crippen LogP contribution in [0.5, 0.6) is 0 Å². The van der Waals surface area contributed by atoms with Crippen molar-refractivity contribution in [3.63, 3.8) is 0 Å². The van der Waals surface area contributed by atoms with Crippen molar-refractivity contribution in [1.29, 1.82) is 0 Å². The van der Waals surface area contributed by atoms with E-state index in [2.05, 4.69) is 11.7 Å². The Balaban J connectivity index is 3.96. The van der Waals surface area contributed by atoms with Gasteiger partial charge in [0, 0.05) is 19.2 Å². The highest BCUT2D eigenvalue weighted by atomic mass is 16.5. The largest absolute Gasteiger partial charge is 0.468 e. The van der Waals surface area contributed by atoms with Gasteiger partial charge in [0.15, 0.2) is 0 Å². The van der Waals surface area contributed by atoms with E-state index in [1.54, 1.807) is 0 Å². The van der Waals surface area contributed by atoms with Gasteiger partial charge in [0.25, 0.3) is 0 Å². The number of unbranched alkanes of at least 4 members (excludes halogenated alkanes) is 1. The summed E-state index contributed by atoms with van der Waals surface area (Å²) in [5, 5.41) is 9.83. The van der Waals surface area contributed by atoms with Crippen LogP contribution < -0.4 is 0 Å². The molecule has 0 radical (unpaired) electrons. The second-order valence-corrected chi connectivity index (χ2v) is 4.68. The third kappa shape index (κ3) is 8.44. The maximum absolute atomic E-state index is 11.2. The molecule has 5 heteroatoms. The van der Waals surface area contributed by atoms with E-state index in [0.717, 1.165) is 12.8 Å². The Kier molecular flexibility index (Phi) is 9.92.